The fourth-order valence-corrected chi connectivity index (χ4v) is 1.71. The molecule has 2 N–H and O–H groups in total. The Kier molecular flexibility index (Phi) is 7.50. The average Bonchev–Trinajstić information content (AvgIpc) is 2.45. The van der Waals surface area contributed by atoms with E-state index in [4.69, 9.17) is 9.47 Å². The van der Waals surface area contributed by atoms with Gasteiger partial charge in [0.1, 0.15) is 0 Å². The monoisotopic (exact) mass is 281 g/mol. The van der Waals surface area contributed by atoms with Crippen LogP contribution in [0.1, 0.15) is 26.7 Å². The van der Waals surface area contributed by atoms with E-state index in [0.29, 0.717) is 24.5 Å². The summed E-state index contributed by atoms with van der Waals surface area (Å²) >= 11 is 0. The highest BCUT2D eigenvalue weighted by Gasteiger charge is 2.09. The van der Waals surface area contributed by atoms with E-state index < -0.39 is 6.10 Å². The van der Waals surface area contributed by atoms with Gasteiger partial charge in [0.25, 0.3) is 5.91 Å². The molecule has 1 rings (SSSR count). The van der Waals surface area contributed by atoms with E-state index in [1.54, 1.807) is 12.1 Å². The van der Waals surface area contributed by atoms with E-state index in [1.807, 2.05) is 26.0 Å². The van der Waals surface area contributed by atoms with E-state index in [0.717, 1.165) is 6.42 Å². The summed E-state index contributed by atoms with van der Waals surface area (Å²) < 4.78 is 10.8. The van der Waals surface area contributed by atoms with Crippen molar-refractivity contribution in [3.05, 3.63) is 24.3 Å². The van der Waals surface area contributed by atoms with Crippen LogP contribution in [0.25, 0.3) is 0 Å². The second kappa shape index (κ2) is 9.20. The number of rotatable bonds is 9. The largest absolute Gasteiger partial charge is 0.490 e. The van der Waals surface area contributed by atoms with Crippen molar-refractivity contribution in [2.75, 3.05) is 19.8 Å². The molecule has 0 aliphatic heterocycles. The first-order chi connectivity index (χ1) is 9.67. The lowest BCUT2D eigenvalue weighted by molar-refractivity contribution is -0.123. The molecule has 0 saturated heterocycles. The van der Waals surface area contributed by atoms with Crippen LogP contribution >= 0.6 is 0 Å². The lowest BCUT2D eigenvalue weighted by Crippen LogP contribution is -2.35. The Morgan fingerprint density at radius 3 is 2.50 bits per heavy atom. The van der Waals surface area contributed by atoms with Crippen molar-refractivity contribution in [1.29, 1.82) is 0 Å². The average molecular weight is 281 g/mol. The van der Waals surface area contributed by atoms with Crippen LogP contribution in [0.2, 0.25) is 0 Å². The minimum Gasteiger partial charge on any atom is -0.490 e. The SMILES string of the molecule is CCCC(O)CNC(=O)COc1ccccc1OCC. The summed E-state index contributed by atoms with van der Waals surface area (Å²) in [5, 5.41) is 12.2. The van der Waals surface area contributed by atoms with Crippen LogP contribution in [-0.2, 0) is 4.79 Å². The molecule has 0 saturated carbocycles. The number of hydrogen-bond donors (Lipinski definition) is 2. The first-order valence-electron chi connectivity index (χ1n) is 6.96. The molecule has 1 aromatic rings. The highest BCUT2D eigenvalue weighted by Crippen LogP contribution is 2.26. The van der Waals surface area contributed by atoms with E-state index in [9.17, 15) is 9.90 Å². The second-order valence-electron chi connectivity index (χ2n) is 4.41. The number of carbonyl (C=O) groups excluding carboxylic acids is 1. The van der Waals surface area contributed by atoms with Crippen molar-refractivity contribution in [3.63, 3.8) is 0 Å². The van der Waals surface area contributed by atoms with Crippen molar-refractivity contribution in [3.8, 4) is 11.5 Å². The standard InChI is InChI=1S/C15H23NO4/c1-3-7-12(17)10-16-15(18)11-20-14-9-6-5-8-13(14)19-4-2/h5-6,8-9,12,17H,3-4,7,10-11H2,1-2H3,(H,16,18). The molecule has 1 aromatic carbocycles. The maximum absolute atomic E-state index is 11.6. The predicted molar refractivity (Wildman–Crippen MR) is 77.0 cm³/mol. The maximum atomic E-state index is 11.6. The van der Waals surface area contributed by atoms with E-state index >= 15 is 0 Å². The molecule has 0 bridgehead atoms. The molecule has 0 spiro atoms. The molecule has 0 aliphatic rings. The summed E-state index contributed by atoms with van der Waals surface area (Å²) in [6, 6.07) is 7.21. The molecule has 0 fully saturated rings. The highest BCUT2D eigenvalue weighted by molar-refractivity contribution is 5.77. The quantitative estimate of drug-likeness (QED) is 0.723. The number of hydrogen-bond acceptors (Lipinski definition) is 4. The van der Waals surface area contributed by atoms with E-state index in [2.05, 4.69) is 5.32 Å². The molecule has 1 unspecified atom stereocenters. The Morgan fingerprint density at radius 1 is 1.25 bits per heavy atom. The molecule has 1 amide bonds. The minimum atomic E-state index is -0.500. The lowest BCUT2D eigenvalue weighted by Gasteiger charge is -2.13. The van der Waals surface area contributed by atoms with Crippen LogP contribution in [0.5, 0.6) is 11.5 Å². The van der Waals surface area contributed by atoms with Gasteiger partial charge in [0, 0.05) is 6.54 Å². The molecule has 5 nitrogen and oxygen atoms in total. The molecule has 112 valence electrons. The number of amides is 1. The number of aliphatic hydroxyl groups is 1. The number of carbonyl (C=O) groups is 1. The number of aliphatic hydroxyl groups excluding tert-OH is 1. The van der Waals surface area contributed by atoms with Gasteiger partial charge in [-0.1, -0.05) is 25.5 Å². The minimum absolute atomic E-state index is 0.0943. The van der Waals surface area contributed by atoms with Gasteiger partial charge < -0.3 is 19.9 Å². The Morgan fingerprint density at radius 2 is 1.90 bits per heavy atom. The summed E-state index contributed by atoms with van der Waals surface area (Å²) in [5.41, 5.74) is 0. The van der Waals surface area contributed by atoms with Gasteiger partial charge >= 0.3 is 0 Å². The van der Waals surface area contributed by atoms with Gasteiger partial charge in [-0.15, -0.1) is 0 Å². The lowest BCUT2D eigenvalue weighted by atomic mass is 10.2. The third kappa shape index (κ3) is 5.93. The normalized spacial score (nSPS) is 11.8. The van der Waals surface area contributed by atoms with E-state index in [-0.39, 0.29) is 19.1 Å². The third-order valence-electron chi connectivity index (χ3n) is 2.66. The van der Waals surface area contributed by atoms with Crippen LogP contribution in [0.3, 0.4) is 0 Å². The fraction of sp³-hybridized carbons (Fsp3) is 0.533. The predicted octanol–water partition coefficient (Wildman–Crippen LogP) is 1.74. The summed E-state index contributed by atoms with van der Waals surface area (Å²) in [6.07, 6.45) is 1.06. The van der Waals surface area contributed by atoms with Gasteiger partial charge in [-0.25, -0.2) is 0 Å². The molecular formula is C15H23NO4. The number of benzene rings is 1. The van der Waals surface area contributed by atoms with Gasteiger partial charge in [-0.3, -0.25) is 4.79 Å². The molecular weight excluding hydrogens is 258 g/mol. The second-order valence-corrected chi connectivity index (χ2v) is 4.41. The number of nitrogens with one attached hydrogen (secondary N) is 1. The Hall–Kier alpha value is -1.75. The van der Waals surface area contributed by atoms with Gasteiger partial charge in [0.15, 0.2) is 18.1 Å². The van der Waals surface area contributed by atoms with Gasteiger partial charge in [-0.2, -0.15) is 0 Å². The zero-order valence-corrected chi connectivity index (χ0v) is 12.1. The molecule has 5 heteroatoms. The Labute approximate surface area is 119 Å². The van der Waals surface area contributed by atoms with Crippen LogP contribution in [-0.4, -0.2) is 36.9 Å². The van der Waals surface area contributed by atoms with E-state index in [1.165, 1.54) is 0 Å². The van der Waals surface area contributed by atoms with Crippen LogP contribution in [0, 0.1) is 0 Å². The van der Waals surface area contributed by atoms with Crippen molar-refractivity contribution in [2.45, 2.75) is 32.8 Å². The summed E-state index contributed by atoms with van der Waals surface area (Å²) in [6.45, 7) is 4.57. The number of ether oxygens (including phenoxy) is 2. The molecule has 0 aromatic heterocycles. The van der Waals surface area contributed by atoms with Gasteiger partial charge in [0.2, 0.25) is 0 Å². The van der Waals surface area contributed by atoms with Crippen molar-refractivity contribution < 1.29 is 19.4 Å². The summed E-state index contributed by atoms with van der Waals surface area (Å²) in [5.74, 6) is 0.902. The Balaban J connectivity index is 2.37. The molecule has 0 radical (unpaired) electrons. The maximum Gasteiger partial charge on any atom is 0.258 e. The first kappa shape index (κ1) is 16.3. The number of para-hydroxylation sites is 2. The molecule has 1 atom stereocenters. The highest BCUT2D eigenvalue weighted by atomic mass is 16.5. The smallest absolute Gasteiger partial charge is 0.258 e. The first-order valence-corrected chi connectivity index (χ1v) is 6.96. The molecule has 0 aliphatic carbocycles. The fourth-order valence-electron chi connectivity index (χ4n) is 1.71. The van der Waals surface area contributed by atoms with Crippen LogP contribution in [0.15, 0.2) is 24.3 Å². The van der Waals surface area contributed by atoms with Crippen LogP contribution in [0.4, 0.5) is 0 Å². The van der Waals surface area contributed by atoms with Crippen LogP contribution < -0.4 is 14.8 Å². The molecule has 0 heterocycles. The summed E-state index contributed by atoms with van der Waals surface area (Å²) in [7, 11) is 0. The molecule has 20 heavy (non-hydrogen) atoms. The zero-order valence-electron chi connectivity index (χ0n) is 12.1. The van der Waals surface area contributed by atoms with Crippen molar-refractivity contribution in [1.82, 2.24) is 5.32 Å². The zero-order chi connectivity index (χ0) is 14.8. The Bertz CT molecular complexity index is 409. The van der Waals surface area contributed by atoms with Gasteiger partial charge in [0.05, 0.1) is 12.7 Å². The van der Waals surface area contributed by atoms with Crippen molar-refractivity contribution in [2.24, 2.45) is 0 Å². The van der Waals surface area contributed by atoms with Gasteiger partial charge in [-0.05, 0) is 25.5 Å². The summed E-state index contributed by atoms with van der Waals surface area (Å²) in [4.78, 5) is 11.6. The third-order valence-corrected chi connectivity index (χ3v) is 2.66. The van der Waals surface area contributed by atoms with Crippen molar-refractivity contribution >= 4 is 5.91 Å². The topological polar surface area (TPSA) is 67.8 Å².